The molecule has 0 bridgehead atoms. The number of nitrogens with zero attached hydrogens (tertiary/aromatic N) is 3. The average Bonchev–Trinajstić information content (AvgIpc) is 2.75. The van der Waals surface area contributed by atoms with E-state index in [9.17, 15) is 9.59 Å². The second-order valence-corrected chi connectivity index (χ2v) is 6.09. The van der Waals surface area contributed by atoms with Crippen LogP contribution in [0.25, 0.3) is 0 Å². The Kier molecular flexibility index (Phi) is 6.53. The van der Waals surface area contributed by atoms with Crippen LogP contribution < -0.4 is 21.3 Å². The lowest BCUT2D eigenvalue weighted by Crippen LogP contribution is -2.28. The van der Waals surface area contributed by atoms with E-state index in [4.69, 9.17) is 5.26 Å². The summed E-state index contributed by atoms with van der Waals surface area (Å²) >= 11 is 0. The van der Waals surface area contributed by atoms with Crippen molar-refractivity contribution in [3.63, 3.8) is 0 Å². The molecule has 4 N–H and O–H groups in total. The van der Waals surface area contributed by atoms with Crippen molar-refractivity contribution >= 4 is 34.8 Å². The molecule has 0 unspecified atom stereocenters. The van der Waals surface area contributed by atoms with E-state index in [0.29, 0.717) is 17.9 Å². The van der Waals surface area contributed by atoms with E-state index < -0.39 is 11.9 Å². The number of urea groups is 1. The van der Waals surface area contributed by atoms with E-state index in [1.165, 1.54) is 18.5 Å². The Bertz CT molecular complexity index is 1080. The Balaban J connectivity index is 1.87. The van der Waals surface area contributed by atoms with Crippen LogP contribution in [0.15, 0.2) is 60.9 Å². The van der Waals surface area contributed by atoms with Gasteiger partial charge in [-0.05, 0) is 31.2 Å². The van der Waals surface area contributed by atoms with E-state index in [2.05, 4.69) is 31.2 Å². The topological polar surface area (TPSA) is 132 Å². The minimum absolute atomic E-state index is 0.252. The monoisotopic (exact) mass is 401 g/mol. The summed E-state index contributed by atoms with van der Waals surface area (Å²) in [4.78, 5) is 32.7. The van der Waals surface area contributed by atoms with Gasteiger partial charge in [0.1, 0.15) is 17.6 Å². The van der Waals surface area contributed by atoms with Crippen molar-refractivity contribution in [1.29, 1.82) is 5.26 Å². The lowest BCUT2D eigenvalue weighted by Gasteiger charge is -2.14. The summed E-state index contributed by atoms with van der Waals surface area (Å²) in [5.41, 5.74) is 2.18. The first-order valence-corrected chi connectivity index (χ1v) is 9.13. The molecular formula is C21H19N7O2. The third kappa shape index (κ3) is 5.30. The maximum Gasteiger partial charge on any atom is 0.320 e. The van der Waals surface area contributed by atoms with Gasteiger partial charge in [0, 0.05) is 24.5 Å². The fourth-order valence-electron chi connectivity index (χ4n) is 2.54. The number of para-hydroxylation sites is 1. The molecule has 0 spiro atoms. The highest BCUT2D eigenvalue weighted by Gasteiger charge is 2.15. The van der Waals surface area contributed by atoms with Crippen molar-refractivity contribution in [3.8, 4) is 6.07 Å². The summed E-state index contributed by atoms with van der Waals surface area (Å²) in [6.45, 7) is 2.28. The molecule has 0 aliphatic rings. The Labute approximate surface area is 173 Å². The number of aromatic nitrogens is 2. The Morgan fingerprint density at radius 3 is 2.47 bits per heavy atom. The third-order valence-corrected chi connectivity index (χ3v) is 3.92. The van der Waals surface area contributed by atoms with Gasteiger partial charge >= 0.3 is 6.03 Å². The standard InChI is InChI=1S/C21H19N7O2/c1-2-23-21(30)28-19-10-18(26-14-6-4-3-5-7-14)17(13-25-19)20(29)27-16-9-8-15(11-22)24-12-16/h3-10,12-13H,2H2,1H3,(H,27,29)(H3,23,25,26,28,30). The molecule has 1 aromatic carbocycles. The number of nitrogens with one attached hydrogen (secondary N) is 4. The predicted molar refractivity (Wildman–Crippen MR) is 114 cm³/mol. The zero-order chi connectivity index (χ0) is 21.3. The Morgan fingerprint density at radius 1 is 1.00 bits per heavy atom. The van der Waals surface area contributed by atoms with Crippen LogP contribution in [0.4, 0.5) is 27.7 Å². The van der Waals surface area contributed by atoms with Crippen LogP contribution in [-0.4, -0.2) is 28.5 Å². The van der Waals surface area contributed by atoms with Crippen molar-refractivity contribution in [3.05, 3.63) is 72.2 Å². The molecule has 9 heteroatoms. The number of hydrogen-bond donors (Lipinski definition) is 4. The smallest absolute Gasteiger partial charge is 0.320 e. The van der Waals surface area contributed by atoms with Gasteiger partial charge in [-0.3, -0.25) is 10.1 Å². The zero-order valence-electron chi connectivity index (χ0n) is 16.1. The molecule has 2 heterocycles. The van der Waals surface area contributed by atoms with Crippen molar-refractivity contribution < 1.29 is 9.59 Å². The molecule has 2 aromatic heterocycles. The number of carbonyl (C=O) groups excluding carboxylic acids is 2. The highest BCUT2D eigenvalue weighted by molar-refractivity contribution is 6.08. The Hall–Kier alpha value is -4.45. The molecule has 30 heavy (non-hydrogen) atoms. The van der Waals surface area contributed by atoms with Crippen LogP contribution in [0.1, 0.15) is 23.0 Å². The third-order valence-electron chi connectivity index (χ3n) is 3.92. The number of hydrogen-bond acceptors (Lipinski definition) is 6. The maximum atomic E-state index is 12.8. The molecule has 0 saturated heterocycles. The molecule has 0 fully saturated rings. The van der Waals surface area contributed by atoms with Gasteiger partial charge < -0.3 is 16.0 Å². The van der Waals surface area contributed by atoms with E-state index >= 15 is 0 Å². The second kappa shape index (κ2) is 9.66. The summed E-state index contributed by atoms with van der Waals surface area (Å²) < 4.78 is 0. The quantitative estimate of drug-likeness (QED) is 0.500. The summed E-state index contributed by atoms with van der Waals surface area (Å²) in [6, 6.07) is 15.5. The minimum atomic E-state index is -0.419. The number of amides is 3. The normalized spacial score (nSPS) is 9.87. The van der Waals surface area contributed by atoms with Crippen molar-refractivity contribution in [2.24, 2.45) is 0 Å². The van der Waals surface area contributed by atoms with Crippen LogP contribution in [0.5, 0.6) is 0 Å². The lowest BCUT2D eigenvalue weighted by molar-refractivity contribution is 0.102. The minimum Gasteiger partial charge on any atom is -0.355 e. The number of rotatable bonds is 6. The second-order valence-electron chi connectivity index (χ2n) is 6.09. The molecule has 0 aliphatic heterocycles. The van der Waals surface area contributed by atoms with Crippen molar-refractivity contribution in [2.75, 3.05) is 22.5 Å². The van der Waals surface area contributed by atoms with Crippen molar-refractivity contribution in [1.82, 2.24) is 15.3 Å². The number of carbonyl (C=O) groups is 2. The summed E-state index contributed by atoms with van der Waals surface area (Å²) in [5.74, 6) is -0.132. The van der Waals surface area contributed by atoms with Crippen LogP contribution in [0.2, 0.25) is 0 Å². The first-order chi connectivity index (χ1) is 14.6. The number of nitriles is 1. The van der Waals surface area contributed by atoms with Gasteiger partial charge in [0.2, 0.25) is 0 Å². The van der Waals surface area contributed by atoms with Crippen LogP contribution in [0.3, 0.4) is 0 Å². The fourth-order valence-corrected chi connectivity index (χ4v) is 2.54. The van der Waals surface area contributed by atoms with Gasteiger partial charge in [0.05, 0.1) is 23.1 Å². The molecule has 9 nitrogen and oxygen atoms in total. The highest BCUT2D eigenvalue weighted by Crippen LogP contribution is 2.24. The van der Waals surface area contributed by atoms with Crippen LogP contribution in [0, 0.1) is 11.3 Å². The molecule has 0 atom stereocenters. The van der Waals surface area contributed by atoms with Crippen molar-refractivity contribution in [2.45, 2.75) is 6.92 Å². The first-order valence-electron chi connectivity index (χ1n) is 9.13. The van der Waals surface area contributed by atoms with E-state index in [1.807, 2.05) is 36.4 Å². The van der Waals surface area contributed by atoms with E-state index in [1.54, 1.807) is 19.1 Å². The summed E-state index contributed by atoms with van der Waals surface area (Å²) in [5, 5.41) is 20.0. The zero-order valence-corrected chi connectivity index (χ0v) is 16.1. The highest BCUT2D eigenvalue weighted by atomic mass is 16.2. The maximum absolute atomic E-state index is 12.8. The van der Waals surface area contributed by atoms with Crippen LogP contribution >= 0.6 is 0 Å². The molecule has 0 radical (unpaired) electrons. The predicted octanol–water partition coefficient (Wildman–Crippen LogP) is 3.49. The fraction of sp³-hybridized carbons (Fsp3) is 0.0952. The SMILES string of the molecule is CCNC(=O)Nc1cc(Nc2ccccc2)c(C(=O)Nc2ccc(C#N)nc2)cn1. The summed E-state index contributed by atoms with van der Waals surface area (Å²) in [7, 11) is 0. The van der Waals surface area contributed by atoms with Gasteiger partial charge in [-0.25, -0.2) is 14.8 Å². The van der Waals surface area contributed by atoms with E-state index in [0.717, 1.165) is 5.69 Å². The molecule has 150 valence electrons. The van der Waals surface area contributed by atoms with Crippen LogP contribution in [-0.2, 0) is 0 Å². The number of anilines is 4. The lowest BCUT2D eigenvalue weighted by atomic mass is 10.2. The van der Waals surface area contributed by atoms with Gasteiger partial charge in [-0.15, -0.1) is 0 Å². The number of pyridine rings is 2. The van der Waals surface area contributed by atoms with Gasteiger partial charge in [0.15, 0.2) is 0 Å². The van der Waals surface area contributed by atoms with Gasteiger partial charge in [0.25, 0.3) is 5.91 Å². The largest absolute Gasteiger partial charge is 0.355 e. The average molecular weight is 401 g/mol. The molecule has 0 aliphatic carbocycles. The van der Waals surface area contributed by atoms with Gasteiger partial charge in [-0.2, -0.15) is 5.26 Å². The number of benzene rings is 1. The summed E-state index contributed by atoms with van der Waals surface area (Å²) in [6.07, 6.45) is 2.78. The molecule has 3 amide bonds. The Morgan fingerprint density at radius 2 is 1.80 bits per heavy atom. The molecule has 0 saturated carbocycles. The first kappa shape index (κ1) is 20.3. The molecule has 3 aromatic rings. The molecular weight excluding hydrogens is 382 g/mol. The van der Waals surface area contributed by atoms with Gasteiger partial charge in [-0.1, -0.05) is 18.2 Å². The molecule has 3 rings (SSSR count). The van der Waals surface area contributed by atoms with E-state index in [-0.39, 0.29) is 17.1 Å².